The number of rotatable bonds is 4. The molecule has 1 unspecified atom stereocenters. The molecule has 3 rings (SSSR count). The van der Waals surface area contributed by atoms with Crippen LogP contribution in [0.4, 0.5) is 5.69 Å². The molecule has 20 heavy (non-hydrogen) atoms. The van der Waals surface area contributed by atoms with Crippen LogP contribution in [0.1, 0.15) is 22.8 Å². The summed E-state index contributed by atoms with van der Waals surface area (Å²) in [5.41, 5.74) is 3.01. The van der Waals surface area contributed by atoms with E-state index in [1.165, 1.54) is 5.56 Å². The van der Waals surface area contributed by atoms with E-state index in [-0.39, 0.29) is 11.9 Å². The van der Waals surface area contributed by atoms with Crippen LogP contribution in [0.15, 0.2) is 48.5 Å². The smallest absolute Gasteiger partial charge is 0.159 e. The first-order chi connectivity index (χ1) is 9.72. The number of nitrogens with one attached hydrogen (secondary N) is 1. The van der Waals surface area contributed by atoms with E-state index >= 15 is 0 Å². The van der Waals surface area contributed by atoms with Crippen LogP contribution >= 0.6 is 0 Å². The normalized spacial score (nSPS) is 16.4. The second kappa shape index (κ2) is 5.37. The number of hydrogen-bond acceptors (Lipinski definition) is 3. The molecule has 0 fully saturated rings. The van der Waals surface area contributed by atoms with Crippen molar-refractivity contribution in [2.75, 3.05) is 11.9 Å². The predicted octanol–water partition coefficient (Wildman–Crippen LogP) is 3.30. The van der Waals surface area contributed by atoms with E-state index in [9.17, 15) is 4.79 Å². The van der Waals surface area contributed by atoms with Crippen molar-refractivity contribution in [2.24, 2.45) is 0 Å². The molecule has 1 aliphatic heterocycles. The predicted molar refractivity (Wildman–Crippen MR) is 79.5 cm³/mol. The lowest BCUT2D eigenvalue weighted by Crippen LogP contribution is -2.23. The fourth-order valence-corrected chi connectivity index (χ4v) is 2.42. The number of ketones is 1. The third-order valence-electron chi connectivity index (χ3n) is 3.54. The highest BCUT2D eigenvalue weighted by molar-refractivity contribution is 5.94. The third kappa shape index (κ3) is 2.67. The van der Waals surface area contributed by atoms with Gasteiger partial charge in [0.1, 0.15) is 11.9 Å². The molecule has 0 saturated carbocycles. The summed E-state index contributed by atoms with van der Waals surface area (Å²) in [7, 11) is 0. The Morgan fingerprint density at radius 1 is 1.20 bits per heavy atom. The highest BCUT2D eigenvalue weighted by Gasteiger charge is 2.21. The Bertz CT molecular complexity index is 594. The molecule has 0 radical (unpaired) electrons. The maximum absolute atomic E-state index is 11.2. The number of para-hydroxylation sites is 1. The Hall–Kier alpha value is -2.29. The molecule has 1 aliphatic rings. The van der Waals surface area contributed by atoms with Crippen LogP contribution < -0.4 is 10.1 Å². The average molecular weight is 267 g/mol. The molecule has 0 spiro atoms. The topological polar surface area (TPSA) is 38.3 Å². The van der Waals surface area contributed by atoms with Gasteiger partial charge in [0.2, 0.25) is 0 Å². The highest BCUT2D eigenvalue weighted by atomic mass is 16.5. The minimum absolute atomic E-state index is 0.0890. The van der Waals surface area contributed by atoms with E-state index in [1.54, 1.807) is 6.92 Å². The van der Waals surface area contributed by atoms with Gasteiger partial charge < -0.3 is 10.1 Å². The van der Waals surface area contributed by atoms with Crippen molar-refractivity contribution < 1.29 is 9.53 Å². The number of benzene rings is 2. The van der Waals surface area contributed by atoms with Crippen molar-refractivity contribution in [1.29, 1.82) is 0 Å². The summed E-state index contributed by atoms with van der Waals surface area (Å²) in [6.45, 7) is 2.33. The van der Waals surface area contributed by atoms with Crippen LogP contribution in [0.25, 0.3) is 0 Å². The molecule has 0 amide bonds. The monoisotopic (exact) mass is 267 g/mol. The summed E-state index contributed by atoms with van der Waals surface area (Å²) in [5.74, 6) is 1.08. The SMILES string of the molecule is CC(=O)c1ccc(NCC2Cc3ccccc3O2)cc1. The number of carbonyl (C=O) groups excluding carboxylic acids is 1. The van der Waals surface area contributed by atoms with Gasteiger partial charge in [0.15, 0.2) is 5.78 Å². The van der Waals surface area contributed by atoms with Crippen LogP contribution in [-0.4, -0.2) is 18.4 Å². The number of Topliss-reactive ketones (excluding diaryl/α,β-unsaturated/α-hetero) is 1. The largest absolute Gasteiger partial charge is 0.488 e. The summed E-state index contributed by atoms with van der Waals surface area (Å²) >= 11 is 0. The Morgan fingerprint density at radius 2 is 1.95 bits per heavy atom. The highest BCUT2D eigenvalue weighted by Crippen LogP contribution is 2.28. The van der Waals surface area contributed by atoms with Gasteiger partial charge in [-0.05, 0) is 42.8 Å². The molecular weight excluding hydrogens is 250 g/mol. The van der Waals surface area contributed by atoms with Crippen LogP contribution in [0.2, 0.25) is 0 Å². The first-order valence-corrected chi connectivity index (χ1v) is 6.82. The second-order valence-corrected chi connectivity index (χ2v) is 5.07. The molecule has 2 aromatic rings. The van der Waals surface area contributed by atoms with E-state index in [0.29, 0.717) is 0 Å². The van der Waals surface area contributed by atoms with Crippen molar-refractivity contribution in [3.8, 4) is 5.75 Å². The van der Waals surface area contributed by atoms with Gasteiger partial charge in [0.25, 0.3) is 0 Å². The Kier molecular flexibility index (Phi) is 3.42. The summed E-state index contributed by atoms with van der Waals surface area (Å²) in [5, 5.41) is 3.35. The van der Waals surface area contributed by atoms with Crippen molar-refractivity contribution in [1.82, 2.24) is 0 Å². The molecule has 1 N–H and O–H groups in total. The quantitative estimate of drug-likeness (QED) is 0.864. The van der Waals surface area contributed by atoms with Crippen LogP contribution in [-0.2, 0) is 6.42 Å². The van der Waals surface area contributed by atoms with Crippen molar-refractivity contribution in [2.45, 2.75) is 19.4 Å². The molecule has 1 heterocycles. The van der Waals surface area contributed by atoms with Gasteiger partial charge in [-0.1, -0.05) is 18.2 Å². The van der Waals surface area contributed by atoms with Gasteiger partial charge in [-0.3, -0.25) is 4.79 Å². The lowest BCUT2D eigenvalue weighted by atomic mass is 10.1. The molecule has 3 heteroatoms. The second-order valence-electron chi connectivity index (χ2n) is 5.07. The molecule has 2 aromatic carbocycles. The lowest BCUT2D eigenvalue weighted by Gasteiger charge is -2.13. The molecular formula is C17H17NO2. The van der Waals surface area contributed by atoms with Gasteiger partial charge >= 0.3 is 0 Å². The van der Waals surface area contributed by atoms with Gasteiger partial charge in [-0.2, -0.15) is 0 Å². The van der Waals surface area contributed by atoms with E-state index in [0.717, 1.165) is 30.0 Å². The molecule has 0 saturated heterocycles. The Labute approximate surface area is 118 Å². The summed E-state index contributed by atoms with van der Waals surface area (Å²) in [6, 6.07) is 15.7. The summed E-state index contributed by atoms with van der Waals surface area (Å²) < 4.78 is 5.87. The van der Waals surface area contributed by atoms with E-state index in [4.69, 9.17) is 4.74 Å². The molecule has 0 aliphatic carbocycles. The number of fused-ring (bicyclic) bond motifs is 1. The van der Waals surface area contributed by atoms with E-state index in [2.05, 4.69) is 11.4 Å². The molecule has 0 bridgehead atoms. The summed E-state index contributed by atoms with van der Waals surface area (Å²) in [6.07, 6.45) is 1.11. The zero-order valence-electron chi connectivity index (χ0n) is 11.4. The van der Waals surface area contributed by atoms with Crippen LogP contribution in [0, 0.1) is 0 Å². The zero-order chi connectivity index (χ0) is 13.9. The summed E-state index contributed by atoms with van der Waals surface area (Å²) in [4.78, 5) is 11.2. The maximum Gasteiger partial charge on any atom is 0.159 e. The molecule has 102 valence electrons. The number of carbonyl (C=O) groups is 1. The number of ether oxygens (including phenoxy) is 1. The Morgan fingerprint density at radius 3 is 2.65 bits per heavy atom. The fraction of sp³-hybridized carbons (Fsp3) is 0.235. The van der Waals surface area contributed by atoms with Crippen molar-refractivity contribution in [3.05, 3.63) is 59.7 Å². The third-order valence-corrected chi connectivity index (χ3v) is 3.54. The Balaban J connectivity index is 1.57. The average Bonchev–Trinajstić information content (AvgIpc) is 2.88. The van der Waals surface area contributed by atoms with Crippen molar-refractivity contribution >= 4 is 11.5 Å². The fourth-order valence-electron chi connectivity index (χ4n) is 2.42. The minimum Gasteiger partial charge on any atom is -0.488 e. The number of anilines is 1. The minimum atomic E-state index is 0.0890. The number of hydrogen-bond donors (Lipinski definition) is 1. The zero-order valence-corrected chi connectivity index (χ0v) is 11.4. The van der Waals surface area contributed by atoms with Gasteiger partial charge in [-0.15, -0.1) is 0 Å². The van der Waals surface area contributed by atoms with E-state index in [1.807, 2.05) is 42.5 Å². The van der Waals surface area contributed by atoms with Gasteiger partial charge in [0, 0.05) is 17.7 Å². The van der Waals surface area contributed by atoms with Gasteiger partial charge in [-0.25, -0.2) is 0 Å². The standard InChI is InChI=1S/C17H17NO2/c1-12(19)13-6-8-15(9-7-13)18-11-16-10-14-4-2-3-5-17(14)20-16/h2-9,16,18H,10-11H2,1H3. The molecule has 3 nitrogen and oxygen atoms in total. The van der Waals surface area contributed by atoms with Crippen LogP contribution in [0.5, 0.6) is 5.75 Å². The van der Waals surface area contributed by atoms with Gasteiger partial charge in [0.05, 0.1) is 6.54 Å². The van der Waals surface area contributed by atoms with E-state index < -0.39 is 0 Å². The first kappa shape index (κ1) is 12.7. The molecule has 0 aromatic heterocycles. The maximum atomic E-state index is 11.2. The van der Waals surface area contributed by atoms with Crippen molar-refractivity contribution in [3.63, 3.8) is 0 Å². The first-order valence-electron chi connectivity index (χ1n) is 6.82. The lowest BCUT2D eigenvalue weighted by molar-refractivity contribution is 0.101. The molecule has 1 atom stereocenters. The van der Waals surface area contributed by atoms with Crippen LogP contribution in [0.3, 0.4) is 0 Å².